The van der Waals surface area contributed by atoms with Gasteiger partial charge in [-0.15, -0.1) is 0 Å². The molecule has 0 aliphatic heterocycles. The van der Waals surface area contributed by atoms with Gasteiger partial charge in [-0.1, -0.05) is 91.0 Å². The zero-order valence-electron chi connectivity index (χ0n) is 16.8. The molecule has 5 heteroatoms. The van der Waals surface area contributed by atoms with E-state index in [9.17, 15) is 4.79 Å². The van der Waals surface area contributed by atoms with Gasteiger partial charge in [-0.05, 0) is 22.5 Å². The van der Waals surface area contributed by atoms with E-state index in [1.165, 1.54) is 7.11 Å². The Bertz CT molecular complexity index is 807. The molecule has 0 amide bonds. The highest BCUT2D eigenvalue weighted by molar-refractivity contribution is 7.07. The Balaban J connectivity index is 2.21. The van der Waals surface area contributed by atoms with Crippen molar-refractivity contribution in [2.45, 2.75) is 13.0 Å². The van der Waals surface area contributed by atoms with Gasteiger partial charge in [0.2, 0.25) is 0 Å². The average Bonchev–Trinajstić information content (AvgIpc) is 2.79. The first kappa shape index (κ1) is 21.0. The molecule has 3 aromatic rings. The predicted molar refractivity (Wildman–Crippen MR) is 119 cm³/mol. The van der Waals surface area contributed by atoms with Crippen molar-refractivity contribution in [1.29, 1.82) is 0 Å². The van der Waals surface area contributed by atoms with Gasteiger partial charge in [0.25, 0.3) is 8.32 Å². The third-order valence-electron chi connectivity index (χ3n) is 5.23. The topological polar surface area (TPSA) is 61.5 Å². The highest BCUT2D eigenvalue weighted by Gasteiger charge is 2.44. The van der Waals surface area contributed by atoms with Gasteiger partial charge in [0, 0.05) is 6.54 Å². The first-order chi connectivity index (χ1) is 14.1. The maximum absolute atomic E-state index is 12.3. The van der Waals surface area contributed by atoms with Crippen molar-refractivity contribution in [2.75, 3.05) is 13.7 Å². The summed E-state index contributed by atoms with van der Waals surface area (Å²) in [6.07, 6.45) is -0.417. The average molecular weight is 406 g/mol. The molecular weight excluding hydrogens is 378 g/mol. The molecule has 29 heavy (non-hydrogen) atoms. The quantitative estimate of drug-likeness (QED) is 0.353. The number of hydrogen-bond donors (Lipinski definition) is 1. The Kier molecular flexibility index (Phi) is 6.98. The Labute approximate surface area is 173 Å². The van der Waals surface area contributed by atoms with Crippen LogP contribution in [0, 0.1) is 5.92 Å². The van der Waals surface area contributed by atoms with Crippen LogP contribution in [0.4, 0.5) is 0 Å². The van der Waals surface area contributed by atoms with E-state index >= 15 is 0 Å². The Morgan fingerprint density at radius 3 is 1.52 bits per heavy atom. The molecule has 4 nitrogen and oxygen atoms in total. The van der Waals surface area contributed by atoms with Crippen LogP contribution in [-0.2, 0) is 14.0 Å². The minimum Gasteiger partial charge on any atom is -0.469 e. The predicted octanol–water partition coefficient (Wildman–Crippen LogP) is 1.81. The molecule has 0 unspecified atom stereocenters. The smallest absolute Gasteiger partial charge is 0.312 e. The van der Waals surface area contributed by atoms with Gasteiger partial charge >= 0.3 is 5.97 Å². The number of benzene rings is 3. The fourth-order valence-electron chi connectivity index (χ4n) is 3.71. The van der Waals surface area contributed by atoms with Crippen molar-refractivity contribution in [3.63, 3.8) is 0 Å². The molecule has 3 aromatic carbocycles. The van der Waals surface area contributed by atoms with Crippen molar-refractivity contribution in [1.82, 2.24) is 0 Å². The van der Waals surface area contributed by atoms with E-state index < -0.39 is 20.3 Å². The molecule has 0 heterocycles. The highest BCUT2D eigenvalue weighted by Crippen LogP contribution is 2.17. The second-order valence-electron chi connectivity index (χ2n) is 6.97. The first-order valence-electron chi connectivity index (χ1n) is 9.75. The summed E-state index contributed by atoms with van der Waals surface area (Å²) in [7, 11) is -1.50. The second kappa shape index (κ2) is 9.65. The normalized spacial score (nSPS) is 13.5. The fourth-order valence-corrected chi connectivity index (χ4v) is 7.83. The number of rotatable bonds is 8. The van der Waals surface area contributed by atoms with Crippen LogP contribution in [0.5, 0.6) is 0 Å². The fraction of sp³-hybridized carbons (Fsp3) is 0.208. The van der Waals surface area contributed by atoms with E-state index in [4.69, 9.17) is 14.9 Å². The minimum atomic E-state index is -2.89. The monoisotopic (exact) mass is 405 g/mol. The minimum absolute atomic E-state index is 0.163. The van der Waals surface area contributed by atoms with Crippen LogP contribution in [0.15, 0.2) is 91.0 Å². The maximum Gasteiger partial charge on any atom is 0.312 e. The largest absolute Gasteiger partial charge is 0.469 e. The van der Waals surface area contributed by atoms with Gasteiger partial charge in [-0.25, -0.2) is 0 Å². The lowest BCUT2D eigenvalue weighted by molar-refractivity contribution is -0.148. The van der Waals surface area contributed by atoms with Gasteiger partial charge in [-0.2, -0.15) is 0 Å². The van der Waals surface area contributed by atoms with Crippen molar-refractivity contribution in [3.8, 4) is 0 Å². The summed E-state index contributed by atoms with van der Waals surface area (Å²) < 4.78 is 11.9. The molecule has 2 atom stereocenters. The summed E-state index contributed by atoms with van der Waals surface area (Å²) in [5.41, 5.74) is 5.92. The summed E-state index contributed by atoms with van der Waals surface area (Å²) in [5.74, 6) is -0.889. The highest BCUT2D eigenvalue weighted by atomic mass is 28.4. The van der Waals surface area contributed by atoms with Gasteiger partial charge < -0.3 is 14.9 Å². The van der Waals surface area contributed by atoms with Gasteiger partial charge in [0.15, 0.2) is 0 Å². The third kappa shape index (κ3) is 4.32. The van der Waals surface area contributed by atoms with Crippen LogP contribution in [-0.4, -0.2) is 34.0 Å². The van der Waals surface area contributed by atoms with E-state index in [0.29, 0.717) is 0 Å². The molecule has 0 saturated carbocycles. The molecule has 150 valence electrons. The third-order valence-corrected chi connectivity index (χ3v) is 9.39. The molecular formula is C24H27NO3Si. The zero-order chi connectivity index (χ0) is 20.7. The number of nitrogens with two attached hydrogens (primary N) is 1. The van der Waals surface area contributed by atoms with Crippen LogP contribution in [0.25, 0.3) is 0 Å². The molecule has 0 fully saturated rings. The Morgan fingerprint density at radius 1 is 0.828 bits per heavy atom. The van der Waals surface area contributed by atoms with Crippen molar-refractivity contribution >= 4 is 29.8 Å². The Hall–Kier alpha value is -2.73. The van der Waals surface area contributed by atoms with Crippen LogP contribution >= 0.6 is 0 Å². The van der Waals surface area contributed by atoms with E-state index in [2.05, 4.69) is 36.4 Å². The second-order valence-corrected chi connectivity index (χ2v) is 10.3. The van der Waals surface area contributed by atoms with Crippen LogP contribution in [0.2, 0.25) is 0 Å². The molecule has 0 bridgehead atoms. The maximum atomic E-state index is 12.3. The lowest BCUT2D eigenvalue weighted by Gasteiger charge is -2.37. The molecule has 0 spiro atoms. The molecule has 0 aromatic heterocycles. The Morgan fingerprint density at radius 2 is 1.21 bits per heavy atom. The SMILES string of the molecule is COC(=O)[C@@H](CN)[C@@H](C)O[Si](c1ccccc1)(c1ccccc1)c1ccccc1. The molecule has 2 N–H and O–H groups in total. The summed E-state index contributed by atoms with van der Waals surface area (Å²) in [6.45, 7) is 2.07. The standard InChI is InChI=1S/C24H27NO3Si/c1-19(23(18-25)24(26)27-2)28-29(20-12-6-3-7-13-20,21-14-8-4-9-15-21)22-16-10-5-11-17-22/h3-17,19,23H,18,25H2,1-2H3/t19-,23+/m1/s1. The summed E-state index contributed by atoms with van der Waals surface area (Å²) >= 11 is 0. The number of carbonyl (C=O) groups is 1. The van der Waals surface area contributed by atoms with Crippen molar-refractivity contribution in [3.05, 3.63) is 91.0 Å². The molecule has 0 aliphatic rings. The van der Waals surface area contributed by atoms with E-state index in [1.807, 2.05) is 61.5 Å². The van der Waals surface area contributed by atoms with E-state index in [-0.39, 0.29) is 12.5 Å². The lowest BCUT2D eigenvalue weighted by Crippen LogP contribution is -2.70. The number of esters is 1. The molecule has 0 aliphatic carbocycles. The van der Waals surface area contributed by atoms with Gasteiger partial charge in [0.1, 0.15) is 0 Å². The number of carbonyl (C=O) groups excluding carboxylic acids is 1. The van der Waals surface area contributed by atoms with Crippen LogP contribution in [0.1, 0.15) is 6.92 Å². The van der Waals surface area contributed by atoms with Crippen LogP contribution < -0.4 is 21.3 Å². The summed E-state index contributed by atoms with van der Waals surface area (Å²) in [6, 6.07) is 30.8. The summed E-state index contributed by atoms with van der Waals surface area (Å²) in [4.78, 5) is 12.3. The first-order valence-corrected chi connectivity index (χ1v) is 11.7. The van der Waals surface area contributed by atoms with Gasteiger partial charge in [0.05, 0.1) is 19.1 Å². The number of methoxy groups -OCH3 is 1. The van der Waals surface area contributed by atoms with E-state index in [1.54, 1.807) is 0 Å². The zero-order valence-corrected chi connectivity index (χ0v) is 17.8. The van der Waals surface area contributed by atoms with E-state index in [0.717, 1.165) is 15.6 Å². The molecule has 0 radical (unpaired) electrons. The van der Waals surface area contributed by atoms with Crippen molar-refractivity contribution in [2.24, 2.45) is 11.7 Å². The summed E-state index contributed by atoms with van der Waals surface area (Å²) in [5, 5.41) is 3.35. The lowest BCUT2D eigenvalue weighted by atomic mass is 10.1. The number of hydrogen-bond acceptors (Lipinski definition) is 4. The molecule has 3 rings (SSSR count). The van der Waals surface area contributed by atoms with Crippen LogP contribution in [0.3, 0.4) is 0 Å². The van der Waals surface area contributed by atoms with Gasteiger partial charge in [-0.3, -0.25) is 4.79 Å². The number of ether oxygens (including phenoxy) is 1. The molecule has 0 saturated heterocycles. The van der Waals surface area contributed by atoms with Crippen molar-refractivity contribution < 1.29 is 14.0 Å².